The molecule has 10 heteroatoms. The summed E-state index contributed by atoms with van der Waals surface area (Å²) in [5.41, 5.74) is 5.77. The number of nitrogens with zero attached hydrogens (tertiary/aromatic N) is 3. The number of thioether (sulfide) groups is 1. The second kappa shape index (κ2) is 7.01. The summed E-state index contributed by atoms with van der Waals surface area (Å²) in [6.07, 6.45) is 1.01. The van der Waals surface area contributed by atoms with Crippen molar-refractivity contribution in [3.05, 3.63) is 16.7 Å². The van der Waals surface area contributed by atoms with Crippen LogP contribution in [0.4, 0.5) is 0 Å². The zero-order valence-electron chi connectivity index (χ0n) is 10.9. The van der Waals surface area contributed by atoms with E-state index in [9.17, 15) is 9.59 Å². The van der Waals surface area contributed by atoms with Crippen LogP contribution in [-0.4, -0.2) is 46.1 Å². The summed E-state index contributed by atoms with van der Waals surface area (Å²) in [7, 11) is 4.00. The van der Waals surface area contributed by atoms with Gasteiger partial charge in [0.25, 0.3) is 0 Å². The Bertz CT molecular complexity index is 582. The minimum absolute atomic E-state index is 0.00208. The monoisotopic (exact) mass is 316 g/mol. The van der Waals surface area contributed by atoms with Gasteiger partial charge in [0, 0.05) is 13.1 Å². The number of hydrogen-bond acceptors (Lipinski definition) is 8. The van der Waals surface area contributed by atoms with Crippen molar-refractivity contribution >= 4 is 40.9 Å². The number of thiocarbonyl (C=S) groups is 1. The molecule has 0 aliphatic carbocycles. The Morgan fingerprint density at radius 1 is 1.40 bits per heavy atom. The minimum Gasteiger partial charge on any atom is -0.466 e. The highest BCUT2D eigenvalue weighted by atomic mass is 32.2. The van der Waals surface area contributed by atoms with Crippen LogP contribution in [0.2, 0.25) is 0 Å². The maximum Gasteiger partial charge on any atom is 0.345 e. The molecule has 0 aromatic carbocycles. The van der Waals surface area contributed by atoms with Crippen LogP contribution in [0.5, 0.6) is 0 Å². The summed E-state index contributed by atoms with van der Waals surface area (Å²) < 4.78 is 10.5. The van der Waals surface area contributed by atoms with Gasteiger partial charge in [-0.25, -0.2) is 14.3 Å². The third-order valence-electron chi connectivity index (χ3n) is 2.05. The molecule has 0 atom stereocenters. The van der Waals surface area contributed by atoms with Crippen LogP contribution < -0.4 is 5.73 Å². The first-order chi connectivity index (χ1) is 9.40. The first-order valence-electron chi connectivity index (χ1n) is 5.16. The zero-order chi connectivity index (χ0) is 15.3. The number of aryl methyl sites for hydroxylation is 1. The van der Waals surface area contributed by atoms with Gasteiger partial charge in [-0.2, -0.15) is 0 Å². The minimum atomic E-state index is -0.699. The molecule has 2 N–H and O–H groups in total. The van der Waals surface area contributed by atoms with Crippen LogP contribution in [0.1, 0.15) is 5.69 Å². The summed E-state index contributed by atoms with van der Waals surface area (Å²) in [5, 5.41) is 7.96. The molecule has 0 saturated heterocycles. The fourth-order valence-electron chi connectivity index (χ4n) is 1.12. The van der Waals surface area contributed by atoms with Crippen molar-refractivity contribution in [1.82, 2.24) is 15.0 Å². The quantitative estimate of drug-likeness (QED) is 0.341. The highest BCUT2D eigenvalue weighted by Gasteiger charge is 2.21. The molecular weight excluding hydrogens is 304 g/mol. The van der Waals surface area contributed by atoms with Crippen molar-refractivity contribution < 1.29 is 19.1 Å². The van der Waals surface area contributed by atoms with E-state index in [2.05, 4.69) is 19.8 Å². The number of ether oxygens (including phenoxy) is 2. The van der Waals surface area contributed by atoms with E-state index in [1.807, 2.05) is 0 Å². The fraction of sp³-hybridized carbons (Fsp3) is 0.300. The highest BCUT2D eigenvalue weighted by Crippen LogP contribution is 2.29. The number of esters is 2. The van der Waals surface area contributed by atoms with Crippen LogP contribution in [-0.2, 0) is 26.1 Å². The topological polar surface area (TPSA) is 109 Å². The standard InChI is InChI=1S/C10H12N4O4S2/c1-14-9(7(8(11)19)12-13-14)20-5(10(16)18-3)4-6(15)17-2/h4H,1-3H3,(H2,11,19)/b5-4-. The van der Waals surface area contributed by atoms with Gasteiger partial charge in [-0.3, -0.25) is 0 Å². The van der Waals surface area contributed by atoms with Gasteiger partial charge in [-0.15, -0.1) is 5.10 Å². The molecule has 0 radical (unpaired) electrons. The average molecular weight is 316 g/mol. The fourth-order valence-corrected chi connectivity index (χ4v) is 2.27. The molecule has 0 unspecified atom stereocenters. The number of hydrogen-bond donors (Lipinski definition) is 1. The van der Waals surface area contributed by atoms with E-state index >= 15 is 0 Å². The lowest BCUT2D eigenvalue weighted by molar-refractivity contribution is -0.137. The second-order valence-corrected chi connectivity index (χ2v) is 4.83. The lowest BCUT2D eigenvalue weighted by atomic mass is 10.5. The SMILES string of the molecule is COC(=O)/C=C(\Sc1c(C(N)=S)nnn1C)C(=O)OC. The van der Waals surface area contributed by atoms with E-state index < -0.39 is 11.9 Å². The summed E-state index contributed by atoms with van der Waals surface area (Å²) in [6, 6.07) is 0. The van der Waals surface area contributed by atoms with Crippen molar-refractivity contribution in [2.24, 2.45) is 12.8 Å². The maximum atomic E-state index is 11.6. The van der Waals surface area contributed by atoms with E-state index in [1.165, 1.54) is 18.9 Å². The molecule has 0 bridgehead atoms. The third kappa shape index (κ3) is 3.78. The first-order valence-corrected chi connectivity index (χ1v) is 6.38. The van der Waals surface area contributed by atoms with Crippen molar-refractivity contribution in [1.29, 1.82) is 0 Å². The molecule has 0 fully saturated rings. The van der Waals surface area contributed by atoms with Gasteiger partial charge in [0.15, 0.2) is 5.69 Å². The molecular formula is C10H12N4O4S2. The molecule has 0 saturated carbocycles. The smallest absolute Gasteiger partial charge is 0.345 e. The van der Waals surface area contributed by atoms with E-state index in [4.69, 9.17) is 18.0 Å². The predicted molar refractivity (Wildman–Crippen MR) is 74.9 cm³/mol. The molecule has 1 rings (SSSR count). The van der Waals surface area contributed by atoms with Crippen molar-refractivity contribution in [3.63, 3.8) is 0 Å². The molecule has 1 aromatic heterocycles. The third-order valence-corrected chi connectivity index (χ3v) is 3.40. The Labute approximate surface area is 124 Å². The number of nitrogens with two attached hydrogens (primary N) is 1. The van der Waals surface area contributed by atoms with E-state index in [0.29, 0.717) is 5.03 Å². The molecule has 8 nitrogen and oxygen atoms in total. The Morgan fingerprint density at radius 2 is 2.05 bits per heavy atom. The van der Waals surface area contributed by atoms with Crippen LogP contribution in [0, 0.1) is 0 Å². The zero-order valence-corrected chi connectivity index (χ0v) is 12.6. The highest BCUT2D eigenvalue weighted by molar-refractivity contribution is 8.04. The van der Waals surface area contributed by atoms with Crippen LogP contribution in [0.25, 0.3) is 0 Å². The molecule has 1 aromatic rings. The molecule has 0 spiro atoms. The van der Waals surface area contributed by atoms with Crippen molar-refractivity contribution in [2.75, 3.05) is 14.2 Å². The Balaban J connectivity index is 3.17. The molecule has 0 amide bonds. The van der Waals surface area contributed by atoms with Crippen LogP contribution in [0.15, 0.2) is 16.0 Å². The van der Waals surface area contributed by atoms with E-state index in [0.717, 1.165) is 17.8 Å². The molecule has 0 aliphatic heterocycles. The van der Waals surface area contributed by atoms with Crippen molar-refractivity contribution in [3.8, 4) is 0 Å². The predicted octanol–water partition coefficient (Wildman–Crippen LogP) is -0.229. The lowest BCUT2D eigenvalue weighted by Crippen LogP contribution is -2.12. The van der Waals surface area contributed by atoms with Crippen LogP contribution in [0.3, 0.4) is 0 Å². The number of rotatable bonds is 5. The van der Waals surface area contributed by atoms with Crippen LogP contribution >= 0.6 is 24.0 Å². The van der Waals surface area contributed by atoms with E-state index in [1.54, 1.807) is 7.05 Å². The van der Waals surface area contributed by atoms with E-state index in [-0.39, 0.29) is 15.6 Å². The second-order valence-electron chi connectivity index (χ2n) is 3.36. The largest absolute Gasteiger partial charge is 0.466 e. The summed E-state index contributed by atoms with van der Waals surface area (Å²) in [5.74, 6) is -1.39. The number of carbonyl (C=O) groups is 2. The molecule has 108 valence electrons. The average Bonchev–Trinajstić information content (AvgIpc) is 2.78. The van der Waals surface area contributed by atoms with Gasteiger partial charge in [0.1, 0.15) is 14.9 Å². The van der Waals surface area contributed by atoms with Gasteiger partial charge in [0.2, 0.25) is 0 Å². The number of aromatic nitrogens is 3. The maximum absolute atomic E-state index is 11.6. The summed E-state index contributed by atoms with van der Waals surface area (Å²) in [4.78, 5) is 22.9. The Kier molecular flexibility index (Phi) is 5.65. The molecule has 20 heavy (non-hydrogen) atoms. The van der Waals surface area contributed by atoms with Gasteiger partial charge in [0.05, 0.1) is 14.2 Å². The Hall–Kier alpha value is -1.94. The van der Waals surface area contributed by atoms with Gasteiger partial charge in [-0.05, 0) is 0 Å². The first kappa shape index (κ1) is 16.1. The van der Waals surface area contributed by atoms with Gasteiger partial charge < -0.3 is 15.2 Å². The van der Waals surface area contributed by atoms with Crippen molar-refractivity contribution in [2.45, 2.75) is 5.03 Å². The number of methoxy groups -OCH3 is 2. The van der Waals surface area contributed by atoms with Gasteiger partial charge >= 0.3 is 11.9 Å². The molecule has 0 aliphatic rings. The summed E-state index contributed by atoms with van der Waals surface area (Å²) >= 11 is 5.75. The summed E-state index contributed by atoms with van der Waals surface area (Å²) in [6.45, 7) is 0. The Morgan fingerprint density at radius 3 is 2.55 bits per heavy atom. The normalized spacial score (nSPS) is 11.1. The lowest BCUT2D eigenvalue weighted by Gasteiger charge is -2.06. The molecule has 1 heterocycles. The van der Waals surface area contributed by atoms with Gasteiger partial charge in [-0.1, -0.05) is 29.2 Å². The number of carbonyl (C=O) groups excluding carboxylic acids is 2.